The second-order valence-corrected chi connectivity index (χ2v) is 15.7. The summed E-state index contributed by atoms with van der Waals surface area (Å²) in [7, 11) is 0. The molecule has 2 N–H and O–H groups in total. The first-order valence-electron chi connectivity index (χ1n) is 21.0. The highest BCUT2D eigenvalue weighted by atomic mass is 19.1. The SMILES string of the molecule is O=C(C(=O)N1CCCN(Cc2cccc(-n3ncc[n+]3-c3ncc(F)c4c(C(=O)C(=O)N5CCCN(c6ccccn6)CC5)c[nH]c34)c2)CC1)c1c[nH]c2c(-n3ccnn3)ncc(F)c12. The van der Waals surface area contributed by atoms with Gasteiger partial charge in [-0.25, -0.2) is 23.4 Å². The van der Waals surface area contributed by atoms with E-state index in [4.69, 9.17) is 0 Å². The number of ketones is 2. The molecule has 2 fully saturated rings. The molecular formula is C44H40F2N15O4+. The first kappa shape index (κ1) is 41.0. The van der Waals surface area contributed by atoms with E-state index in [9.17, 15) is 19.2 Å². The third kappa shape index (κ3) is 7.74. The Balaban J connectivity index is 0.823. The average Bonchev–Trinajstić information content (AvgIpc) is 4.15. The molecule has 65 heavy (non-hydrogen) atoms. The van der Waals surface area contributed by atoms with Crippen LogP contribution in [0.4, 0.5) is 14.6 Å². The van der Waals surface area contributed by atoms with Gasteiger partial charge in [0.25, 0.3) is 23.4 Å². The van der Waals surface area contributed by atoms with Gasteiger partial charge < -0.3 is 24.7 Å². The molecule has 0 saturated carbocycles. The van der Waals surface area contributed by atoms with Crippen molar-refractivity contribution in [2.75, 3.05) is 57.3 Å². The van der Waals surface area contributed by atoms with Gasteiger partial charge in [0.15, 0.2) is 23.6 Å². The number of H-pyrrole nitrogens is 2. The van der Waals surface area contributed by atoms with E-state index >= 15 is 8.78 Å². The van der Waals surface area contributed by atoms with Crippen LogP contribution in [0, 0.1) is 11.6 Å². The number of benzene rings is 1. The number of hydrogen-bond donors (Lipinski definition) is 2. The number of hydrogen-bond acceptors (Lipinski definition) is 12. The van der Waals surface area contributed by atoms with Gasteiger partial charge in [-0.05, 0) is 47.8 Å². The van der Waals surface area contributed by atoms with Crippen LogP contribution < -0.4 is 9.58 Å². The highest BCUT2D eigenvalue weighted by molar-refractivity contribution is 6.45. The first-order chi connectivity index (χ1) is 31.7. The summed E-state index contributed by atoms with van der Waals surface area (Å²) in [6, 6.07) is 13.3. The summed E-state index contributed by atoms with van der Waals surface area (Å²) in [4.78, 5) is 82.2. The van der Waals surface area contributed by atoms with E-state index in [-0.39, 0.29) is 51.1 Å². The van der Waals surface area contributed by atoms with Gasteiger partial charge in [-0.1, -0.05) is 28.2 Å². The smallest absolute Gasteiger partial charge is 0.309 e. The Morgan fingerprint density at radius 1 is 0.708 bits per heavy atom. The molecule has 10 rings (SSSR count). The zero-order valence-corrected chi connectivity index (χ0v) is 34.7. The molecule has 0 unspecified atom stereocenters. The van der Waals surface area contributed by atoms with E-state index < -0.39 is 35.0 Å². The van der Waals surface area contributed by atoms with E-state index in [1.165, 1.54) is 39.3 Å². The van der Waals surface area contributed by atoms with Crippen molar-refractivity contribution in [2.45, 2.75) is 19.4 Å². The van der Waals surface area contributed by atoms with Crippen molar-refractivity contribution < 1.29 is 32.6 Å². The Morgan fingerprint density at radius 2 is 1.43 bits per heavy atom. The van der Waals surface area contributed by atoms with Crippen LogP contribution in [0.15, 0.2) is 98.2 Å². The minimum Gasteiger partial charge on any atom is -0.357 e. The normalized spacial score (nSPS) is 15.1. The van der Waals surface area contributed by atoms with Gasteiger partial charge in [-0.15, -0.1) is 14.8 Å². The maximum atomic E-state index is 15.6. The molecule has 8 aromatic rings. The van der Waals surface area contributed by atoms with Gasteiger partial charge >= 0.3 is 5.82 Å². The van der Waals surface area contributed by atoms with E-state index in [1.54, 1.807) is 28.1 Å². The lowest BCUT2D eigenvalue weighted by molar-refractivity contribution is -0.681. The molecule has 21 heteroatoms. The minimum absolute atomic E-state index is 0.0453. The molecule has 7 aromatic heterocycles. The Morgan fingerprint density at radius 3 is 2.17 bits per heavy atom. The number of nitrogens with zero attached hydrogens (tertiary/aromatic N) is 13. The Kier molecular flexibility index (Phi) is 10.9. The van der Waals surface area contributed by atoms with E-state index in [2.05, 4.69) is 50.1 Å². The highest BCUT2D eigenvalue weighted by Gasteiger charge is 2.32. The molecule has 0 spiro atoms. The van der Waals surface area contributed by atoms with E-state index in [0.717, 1.165) is 23.8 Å². The molecule has 1 aromatic carbocycles. The molecule has 328 valence electrons. The van der Waals surface area contributed by atoms with Gasteiger partial charge in [-0.2, -0.15) is 0 Å². The lowest BCUT2D eigenvalue weighted by Crippen LogP contribution is -2.41. The molecule has 19 nitrogen and oxygen atoms in total. The second kappa shape index (κ2) is 17.2. The Labute approximate surface area is 367 Å². The molecule has 0 aliphatic carbocycles. The molecule has 0 atom stereocenters. The van der Waals surface area contributed by atoms with Crippen molar-refractivity contribution >= 4 is 51.0 Å². The van der Waals surface area contributed by atoms with Crippen LogP contribution in [0.1, 0.15) is 39.1 Å². The van der Waals surface area contributed by atoms with Gasteiger partial charge in [0.1, 0.15) is 29.4 Å². The van der Waals surface area contributed by atoms with Crippen molar-refractivity contribution in [3.8, 4) is 17.3 Å². The van der Waals surface area contributed by atoms with Gasteiger partial charge in [0.05, 0.1) is 46.0 Å². The maximum Gasteiger partial charge on any atom is 0.309 e. The number of aromatic amines is 2. The monoisotopic (exact) mass is 880 g/mol. The van der Waals surface area contributed by atoms with Gasteiger partial charge in [0, 0.05) is 77.5 Å². The lowest BCUT2D eigenvalue weighted by atomic mass is 10.1. The Bertz CT molecular complexity index is 3090. The summed E-state index contributed by atoms with van der Waals surface area (Å²) in [5, 5.41) is 12.1. The van der Waals surface area contributed by atoms with Gasteiger partial charge in [0.2, 0.25) is 0 Å². The van der Waals surface area contributed by atoms with Crippen LogP contribution in [0.2, 0.25) is 0 Å². The first-order valence-corrected chi connectivity index (χ1v) is 21.0. The fourth-order valence-electron chi connectivity index (χ4n) is 8.62. The average molecular weight is 881 g/mol. The quantitative estimate of drug-likeness (QED) is 0.116. The molecule has 2 amide bonds. The fraction of sp³-hybridized carbons (Fsp3) is 0.250. The summed E-state index contributed by atoms with van der Waals surface area (Å²) in [5.74, 6) is -3.29. The van der Waals surface area contributed by atoms with Gasteiger partial charge in [-0.3, -0.25) is 24.1 Å². The number of halogens is 2. The summed E-state index contributed by atoms with van der Waals surface area (Å²) in [5.41, 5.74) is 1.86. The predicted molar refractivity (Wildman–Crippen MR) is 228 cm³/mol. The third-order valence-corrected chi connectivity index (χ3v) is 11.8. The fourth-order valence-corrected chi connectivity index (χ4v) is 8.62. The number of Topliss-reactive ketones (excluding diaryl/α,β-unsaturated/α-hetero) is 2. The third-order valence-electron chi connectivity index (χ3n) is 11.8. The van der Waals surface area contributed by atoms with Crippen LogP contribution >= 0.6 is 0 Å². The van der Waals surface area contributed by atoms with Crippen molar-refractivity contribution in [1.29, 1.82) is 0 Å². The number of anilines is 1. The summed E-state index contributed by atoms with van der Waals surface area (Å²) >= 11 is 0. The van der Waals surface area contributed by atoms with Crippen LogP contribution in [-0.2, 0) is 16.1 Å². The molecule has 0 bridgehead atoms. The number of fused-ring (bicyclic) bond motifs is 2. The summed E-state index contributed by atoms with van der Waals surface area (Å²) < 4.78 is 33.7. The number of amides is 2. The standard InChI is InChI=1S/C44H39F2N15O4/c45-32-25-50-41(59-16-10-52-54-59)37-35(32)30(23-48-37)39(62)43(64)57-14-4-12-55(18-19-57)27-28-6-3-7-29(22-28)61-53-11-17-60(61)42-38-36(33(46)26-51-42)31(24-49-38)40(63)44(65)58-15-5-13-56(20-21-58)34-8-1-2-9-47-34/h1-3,6-11,16-17,22-26H,4-5,12-15,18-21,27H2,(H-,48,49,50,51,53,62,63)/p+1. The van der Waals surface area contributed by atoms with Crippen molar-refractivity contribution in [3.63, 3.8) is 0 Å². The highest BCUT2D eigenvalue weighted by Crippen LogP contribution is 2.28. The Hall–Kier alpha value is -8.07. The molecular weight excluding hydrogens is 841 g/mol. The summed E-state index contributed by atoms with van der Waals surface area (Å²) in [6.07, 6.45) is 13.8. The molecule has 2 aliphatic rings. The number of carbonyl (C=O) groups is 4. The maximum absolute atomic E-state index is 15.6. The second-order valence-electron chi connectivity index (χ2n) is 15.7. The van der Waals surface area contributed by atoms with Crippen LogP contribution in [0.5, 0.6) is 0 Å². The van der Waals surface area contributed by atoms with Crippen LogP contribution in [0.3, 0.4) is 0 Å². The predicted octanol–water partition coefficient (Wildman–Crippen LogP) is 2.99. The number of aromatic nitrogens is 11. The summed E-state index contributed by atoms with van der Waals surface area (Å²) in [6.45, 7) is 4.12. The molecule has 2 aliphatic heterocycles. The zero-order chi connectivity index (χ0) is 44.6. The topological polar surface area (TPSA) is 204 Å². The van der Waals surface area contributed by atoms with E-state index in [1.807, 2.05) is 42.5 Å². The number of rotatable bonds is 10. The van der Waals surface area contributed by atoms with Crippen molar-refractivity contribution in [3.05, 3.63) is 127 Å². The largest absolute Gasteiger partial charge is 0.357 e. The molecule has 2 saturated heterocycles. The van der Waals surface area contributed by atoms with Crippen LogP contribution in [-0.4, -0.2) is 140 Å². The van der Waals surface area contributed by atoms with Crippen molar-refractivity contribution in [2.24, 2.45) is 0 Å². The van der Waals surface area contributed by atoms with Crippen LogP contribution in [0.25, 0.3) is 39.1 Å². The number of pyridine rings is 3. The molecule has 9 heterocycles. The van der Waals surface area contributed by atoms with Crippen molar-refractivity contribution in [1.82, 2.24) is 64.5 Å². The molecule has 0 radical (unpaired) electrons. The number of nitrogens with one attached hydrogen (secondary N) is 2. The minimum atomic E-state index is -0.829. The number of carbonyl (C=O) groups excluding carboxylic acids is 4. The lowest BCUT2D eigenvalue weighted by Gasteiger charge is -2.22. The van der Waals surface area contributed by atoms with E-state index in [0.29, 0.717) is 70.9 Å². The zero-order valence-electron chi connectivity index (χ0n) is 34.7.